The van der Waals surface area contributed by atoms with Gasteiger partial charge in [0.2, 0.25) is 5.91 Å². The molecule has 0 aliphatic carbocycles. The number of unbranched alkanes of at least 4 members (excludes halogenated alkanes) is 1. The Morgan fingerprint density at radius 3 is 2.41 bits per heavy atom. The minimum absolute atomic E-state index is 0.0765. The number of amides is 2. The summed E-state index contributed by atoms with van der Waals surface area (Å²) in [4.78, 5) is 40.7. The molecule has 0 saturated carbocycles. The van der Waals surface area contributed by atoms with Gasteiger partial charge in [0.05, 0.1) is 12.8 Å². The van der Waals surface area contributed by atoms with E-state index >= 15 is 0 Å². The summed E-state index contributed by atoms with van der Waals surface area (Å²) >= 11 is 0. The van der Waals surface area contributed by atoms with E-state index in [1.807, 2.05) is 4.90 Å². The van der Waals surface area contributed by atoms with Gasteiger partial charge in [0.15, 0.2) is 5.69 Å². The van der Waals surface area contributed by atoms with Gasteiger partial charge in [-0.2, -0.15) is 5.10 Å². The Balaban J connectivity index is 1.48. The standard InChI is InChI=1S/C23H28N4O5/c1-32-17-9-7-16(8-10-17)27-21-18(20(24-27)23(30)31)11-15-26(22(21)29)14-5-4-13-25-12-3-2-6-19(25)28/h7-10H,2-6,11-15H2,1H3,(H,30,31). The van der Waals surface area contributed by atoms with Gasteiger partial charge in [-0.15, -0.1) is 0 Å². The molecule has 1 aromatic carbocycles. The summed E-state index contributed by atoms with van der Waals surface area (Å²) in [5.74, 6) is -0.468. The van der Waals surface area contributed by atoms with Crippen molar-refractivity contribution < 1.29 is 24.2 Å². The number of carbonyl (C=O) groups is 3. The van der Waals surface area contributed by atoms with Crippen molar-refractivity contribution in [2.45, 2.75) is 38.5 Å². The highest BCUT2D eigenvalue weighted by atomic mass is 16.5. The van der Waals surface area contributed by atoms with Crippen LogP contribution < -0.4 is 4.74 Å². The Kier molecular flexibility index (Phi) is 6.43. The van der Waals surface area contributed by atoms with Crippen LogP contribution in [0.5, 0.6) is 5.75 Å². The molecule has 9 heteroatoms. The van der Waals surface area contributed by atoms with Crippen LogP contribution in [0.3, 0.4) is 0 Å². The maximum Gasteiger partial charge on any atom is 0.356 e. The molecule has 2 aliphatic rings. The van der Waals surface area contributed by atoms with Crippen molar-refractivity contribution >= 4 is 17.8 Å². The Morgan fingerprint density at radius 2 is 1.75 bits per heavy atom. The molecule has 2 aliphatic heterocycles. The number of likely N-dealkylation sites (tertiary alicyclic amines) is 1. The van der Waals surface area contributed by atoms with E-state index in [9.17, 15) is 19.5 Å². The number of hydrogen-bond donors (Lipinski definition) is 1. The first-order chi connectivity index (χ1) is 15.5. The van der Waals surface area contributed by atoms with E-state index in [-0.39, 0.29) is 17.5 Å². The number of aromatic nitrogens is 2. The quantitative estimate of drug-likeness (QED) is 0.632. The van der Waals surface area contributed by atoms with Gasteiger partial charge < -0.3 is 19.6 Å². The first-order valence-corrected chi connectivity index (χ1v) is 11.1. The molecule has 0 unspecified atom stereocenters. The third-order valence-electron chi connectivity index (χ3n) is 6.15. The number of methoxy groups -OCH3 is 1. The largest absolute Gasteiger partial charge is 0.497 e. The van der Waals surface area contributed by atoms with Crippen molar-refractivity contribution in [2.24, 2.45) is 0 Å². The summed E-state index contributed by atoms with van der Waals surface area (Å²) in [5.41, 5.74) is 1.32. The predicted molar refractivity (Wildman–Crippen MR) is 116 cm³/mol. The maximum absolute atomic E-state index is 13.3. The minimum atomic E-state index is -1.14. The first kappa shape index (κ1) is 21.9. The van der Waals surface area contributed by atoms with Crippen molar-refractivity contribution in [3.05, 3.63) is 41.2 Å². The van der Waals surface area contributed by atoms with Gasteiger partial charge >= 0.3 is 5.97 Å². The second-order valence-electron chi connectivity index (χ2n) is 8.18. The van der Waals surface area contributed by atoms with E-state index < -0.39 is 5.97 Å². The van der Waals surface area contributed by atoms with Crippen LogP contribution in [0.25, 0.3) is 5.69 Å². The number of benzene rings is 1. The van der Waals surface area contributed by atoms with Crippen molar-refractivity contribution in [2.75, 3.05) is 33.3 Å². The number of hydrogen-bond acceptors (Lipinski definition) is 5. The molecule has 3 heterocycles. The van der Waals surface area contributed by atoms with Crippen LogP contribution in [0.4, 0.5) is 0 Å². The van der Waals surface area contributed by atoms with E-state index in [2.05, 4.69) is 5.10 Å². The molecule has 170 valence electrons. The summed E-state index contributed by atoms with van der Waals surface area (Å²) in [6, 6.07) is 6.99. The van der Waals surface area contributed by atoms with Crippen LogP contribution in [0.1, 0.15) is 58.6 Å². The zero-order chi connectivity index (χ0) is 22.7. The van der Waals surface area contributed by atoms with Crippen molar-refractivity contribution in [3.8, 4) is 11.4 Å². The Bertz CT molecular complexity index is 1010. The zero-order valence-corrected chi connectivity index (χ0v) is 18.2. The van der Waals surface area contributed by atoms with Crippen molar-refractivity contribution in [1.29, 1.82) is 0 Å². The van der Waals surface area contributed by atoms with E-state index in [0.29, 0.717) is 48.6 Å². The van der Waals surface area contributed by atoms with E-state index in [0.717, 1.165) is 38.8 Å². The Hall–Kier alpha value is -3.36. The average molecular weight is 441 g/mol. The summed E-state index contributed by atoms with van der Waals surface area (Å²) < 4.78 is 6.61. The first-order valence-electron chi connectivity index (χ1n) is 11.1. The highest BCUT2D eigenvalue weighted by Gasteiger charge is 2.34. The summed E-state index contributed by atoms with van der Waals surface area (Å²) in [7, 11) is 1.57. The van der Waals surface area contributed by atoms with Gasteiger partial charge in [0.25, 0.3) is 5.91 Å². The number of nitrogens with zero attached hydrogens (tertiary/aromatic N) is 4. The topological polar surface area (TPSA) is 105 Å². The van der Waals surface area contributed by atoms with Crippen LogP contribution >= 0.6 is 0 Å². The number of piperidine rings is 1. The SMILES string of the molecule is COc1ccc(-n2nc(C(=O)O)c3c2C(=O)N(CCCCN2CCCCC2=O)CC3)cc1. The fourth-order valence-electron chi connectivity index (χ4n) is 4.40. The van der Waals surface area contributed by atoms with Crippen molar-refractivity contribution in [1.82, 2.24) is 19.6 Å². The molecule has 1 aromatic heterocycles. The molecular weight excluding hydrogens is 412 g/mol. The molecule has 1 fully saturated rings. The number of carboxylic acids is 1. The number of fused-ring (bicyclic) bond motifs is 1. The van der Waals surface area contributed by atoms with Gasteiger partial charge in [-0.25, -0.2) is 9.48 Å². The molecule has 2 amide bonds. The van der Waals surface area contributed by atoms with E-state index in [1.165, 1.54) is 4.68 Å². The smallest absolute Gasteiger partial charge is 0.356 e. The number of carbonyl (C=O) groups excluding carboxylic acids is 2. The second kappa shape index (κ2) is 9.42. The number of rotatable bonds is 8. The van der Waals surface area contributed by atoms with Gasteiger partial charge in [0.1, 0.15) is 11.4 Å². The molecule has 4 rings (SSSR count). The van der Waals surface area contributed by atoms with Gasteiger partial charge in [-0.1, -0.05) is 0 Å². The lowest BCUT2D eigenvalue weighted by Crippen LogP contribution is -2.40. The van der Waals surface area contributed by atoms with E-state index in [4.69, 9.17) is 4.74 Å². The molecular formula is C23H28N4O5. The fraction of sp³-hybridized carbons (Fsp3) is 0.478. The summed E-state index contributed by atoms with van der Waals surface area (Å²) in [5, 5.41) is 13.9. The third kappa shape index (κ3) is 4.32. The summed E-state index contributed by atoms with van der Waals surface area (Å²) in [6.45, 7) is 2.57. The zero-order valence-electron chi connectivity index (χ0n) is 18.2. The monoisotopic (exact) mass is 440 g/mol. The molecule has 1 saturated heterocycles. The molecule has 2 aromatic rings. The molecule has 32 heavy (non-hydrogen) atoms. The molecule has 0 bridgehead atoms. The lowest BCUT2D eigenvalue weighted by Gasteiger charge is -2.29. The predicted octanol–water partition coefficient (Wildman–Crippen LogP) is 2.37. The molecule has 0 radical (unpaired) electrons. The minimum Gasteiger partial charge on any atom is -0.497 e. The van der Waals surface area contributed by atoms with Crippen LogP contribution in [0, 0.1) is 0 Å². The second-order valence-corrected chi connectivity index (χ2v) is 8.18. The van der Waals surface area contributed by atoms with Crippen LogP contribution in [0.2, 0.25) is 0 Å². The molecule has 1 N–H and O–H groups in total. The Labute approximate surface area is 186 Å². The molecule has 0 atom stereocenters. The maximum atomic E-state index is 13.3. The van der Waals surface area contributed by atoms with Gasteiger partial charge in [-0.05, 0) is 56.4 Å². The highest BCUT2D eigenvalue weighted by molar-refractivity contribution is 5.99. The van der Waals surface area contributed by atoms with Crippen LogP contribution in [0.15, 0.2) is 24.3 Å². The molecule has 0 spiro atoms. The lowest BCUT2D eigenvalue weighted by molar-refractivity contribution is -0.133. The van der Waals surface area contributed by atoms with Crippen LogP contribution in [-0.4, -0.2) is 75.8 Å². The van der Waals surface area contributed by atoms with Gasteiger partial charge in [0, 0.05) is 38.2 Å². The lowest BCUT2D eigenvalue weighted by atomic mass is 10.0. The fourth-order valence-corrected chi connectivity index (χ4v) is 4.40. The normalized spacial score (nSPS) is 16.3. The number of aromatic carboxylic acids is 1. The summed E-state index contributed by atoms with van der Waals surface area (Å²) in [6.07, 6.45) is 4.73. The average Bonchev–Trinajstić information content (AvgIpc) is 3.20. The van der Waals surface area contributed by atoms with E-state index in [1.54, 1.807) is 36.3 Å². The highest BCUT2D eigenvalue weighted by Crippen LogP contribution is 2.27. The van der Waals surface area contributed by atoms with Crippen molar-refractivity contribution in [3.63, 3.8) is 0 Å². The number of ether oxygens (including phenoxy) is 1. The number of carboxylic acid groups (broad SMARTS) is 1. The van der Waals surface area contributed by atoms with Crippen LogP contribution in [-0.2, 0) is 11.2 Å². The molecule has 9 nitrogen and oxygen atoms in total. The Morgan fingerprint density at radius 1 is 1.03 bits per heavy atom. The van der Waals surface area contributed by atoms with Gasteiger partial charge in [-0.3, -0.25) is 9.59 Å². The third-order valence-corrected chi connectivity index (χ3v) is 6.15.